The number of hydrogen-bond acceptors (Lipinski definition) is 3. The Kier molecular flexibility index (Phi) is 5.59. The summed E-state index contributed by atoms with van der Waals surface area (Å²) in [6.07, 6.45) is 3.96. The third-order valence-electron chi connectivity index (χ3n) is 5.40. The number of benzene rings is 1. The predicted octanol–water partition coefficient (Wildman–Crippen LogP) is 3.05. The molecule has 26 heavy (non-hydrogen) atoms. The molecule has 0 spiro atoms. The van der Waals surface area contributed by atoms with Crippen LogP contribution in [0, 0.1) is 12.3 Å². The van der Waals surface area contributed by atoms with Crippen LogP contribution >= 0.6 is 0 Å². The number of nitrogens with zero attached hydrogens (tertiary/aromatic N) is 2. The van der Waals surface area contributed by atoms with E-state index in [2.05, 4.69) is 12.2 Å². The Bertz CT molecular complexity index is 686. The van der Waals surface area contributed by atoms with E-state index in [-0.39, 0.29) is 23.8 Å². The number of carbonyl (C=O) groups excluding carboxylic acids is 2. The maximum absolute atomic E-state index is 13.0. The van der Waals surface area contributed by atoms with Crippen molar-refractivity contribution in [1.82, 2.24) is 15.1 Å². The van der Waals surface area contributed by atoms with Gasteiger partial charge in [0.25, 0.3) is 0 Å². The maximum Gasteiger partial charge on any atom is 0.323 e. The van der Waals surface area contributed by atoms with Crippen LogP contribution in [-0.2, 0) is 11.3 Å². The number of rotatable bonds is 3. The van der Waals surface area contributed by atoms with Crippen molar-refractivity contribution in [3.63, 3.8) is 0 Å². The lowest BCUT2D eigenvalue weighted by atomic mass is 10.00. The lowest BCUT2D eigenvalue weighted by Crippen LogP contribution is -2.57. The minimum atomic E-state index is -0.546. The molecule has 2 N–H and O–H groups in total. The van der Waals surface area contributed by atoms with Crippen LogP contribution < -0.4 is 5.32 Å². The Morgan fingerprint density at radius 1 is 1.19 bits per heavy atom. The highest BCUT2D eigenvalue weighted by molar-refractivity contribution is 6.01. The van der Waals surface area contributed by atoms with Crippen molar-refractivity contribution in [2.75, 3.05) is 6.54 Å². The minimum Gasteiger partial charge on any atom is -0.338 e. The van der Waals surface area contributed by atoms with Crippen LogP contribution in [0.2, 0.25) is 0 Å². The molecule has 2 saturated heterocycles. The second-order valence-electron chi connectivity index (χ2n) is 7.39. The average molecular weight is 356 g/mol. The molecule has 2 aliphatic heterocycles. The molecule has 3 amide bonds. The van der Waals surface area contributed by atoms with Gasteiger partial charge in [-0.1, -0.05) is 29.8 Å². The first kappa shape index (κ1) is 18.4. The normalized spacial score (nSPS) is 23.2. The molecule has 2 unspecified atom stereocenters. The molecule has 6 nitrogen and oxygen atoms in total. The Morgan fingerprint density at radius 2 is 1.92 bits per heavy atom. The summed E-state index contributed by atoms with van der Waals surface area (Å²) in [5.41, 5.74) is 2.17. The van der Waals surface area contributed by atoms with Gasteiger partial charge < -0.3 is 10.2 Å². The van der Waals surface area contributed by atoms with E-state index in [1.807, 2.05) is 36.1 Å². The van der Waals surface area contributed by atoms with Crippen molar-refractivity contribution in [1.29, 1.82) is 5.41 Å². The van der Waals surface area contributed by atoms with Crippen LogP contribution in [0.25, 0.3) is 0 Å². The molecule has 2 heterocycles. The number of amides is 3. The molecule has 6 heteroatoms. The highest BCUT2D eigenvalue weighted by Gasteiger charge is 2.39. The van der Waals surface area contributed by atoms with E-state index in [4.69, 9.17) is 5.41 Å². The van der Waals surface area contributed by atoms with Gasteiger partial charge in [-0.15, -0.1) is 0 Å². The fraction of sp³-hybridized carbons (Fsp3) is 0.550. The van der Waals surface area contributed by atoms with Crippen molar-refractivity contribution >= 4 is 17.8 Å². The molecule has 0 radical (unpaired) electrons. The summed E-state index contributed by atoms with van der Waals surface area (Å²) in [6.45, 7) is 5.22. The van der Waals surface area contributed by atoms with Crippen molar-refractivity contribution in [3.8, 4) is 0 Å². The van der Waals surface area contributed by atoms with Gasteiger partial charge in [0.15, 0.2) is 0 Å². The fourth-order valence-electron chi connectivity index (χ4n) is 3.82. The molecule has 2 aliphatic rings. The summed E-state index contributed by atoms with van der Waals surface area (Å²) in [7, 11) is 0. The van der Waals surface area contributed by atoms with Crippen LogP contribution in [0.4, 0.5) is 4.79 Å². The van der Waals surface area contributed by atoms with Gasteiger partial charge in [-0.2, -0.15) is 0 Å². The number of carbonyl (C=O) groups is 2. The molecule has 0 aromatic heterocycles. The molecule has 1 aromatic rings. The largest absolute Gasteiger partial charge is 0.338 e. The van der Waals surface area contributed by atoms with Gasteiger partial charge in [0.2, 0.25) is 5.91 Å². The summed E-state index contributed by atoms with van der Waals surface area (Å²) < 4.78 is 0. The number of urea groups is 1. The average Bonchev–Trinajstić information content (AvgIpc) is 3.06. The maximum atomic E-state index is 13.0. The highest BCUT2D eigenvalue weighted by atomic mass is 16.2. The van der Waals surface area contributed by atoms with Gasteiger partial charge in [-0.25, -0.2) is 4.79 Å². The summed E-state index contributed by atoms with van der Waals surface area (Å²) in [5, 5.41) is 11.1. The van der Waals surface area contributed by atoms with Gasteiger partial charge in [-0.3, -0.25) is 15.1 Å². The Hall–Kier alpha value is -2.37. The molecular formula is C20H28N4O2. The summed E-state index contributed by atoms with van der Waals surface area (Å²) in [4.78, 5) is 29.0. The van der Waals surface area contributed by atoms with E-state index >= 15 is 0 Å². The van der Waals surface area contributed by atoms with Crippen LogP contribution in [0.3, 0.4) is 0 Å². The Labute approximate surface area is 155 Å². The molecule has 0 aliphatic carbocycles. The zero-order valence-corrected chi connectivity index (χ0v) is 15.6. The van der Waals surface area contributed by atoms with Gasteiger partial charge in [0, 0.05) is 25.6 Å². The van der Waals surface area contributed by atoms with Gasteiger partial charge in [0.1, 0.15) is 11.9 Å². The number of hydrogen-bond donors (Lipinski definition) is 2. The van der Waals surface area contributed by atoms with Crippen molar-refractivity contribution in [2.45, 2.75) is 64.6 Å². The van der Waals surface area contributed by atoms with Crippen LogP contribution in [-0.4, -0.2) is 46.2 Å². The zero-order chi connectivity index (χ0) is 18.7. The molecule has 0 bridgehead atoms. The predicted molar refractivity (Wildman–Crippen MR) is 101 cm³/mol. The van der Waals surface area contributed by atoms with E-state index in [1.165, 1.54) is 10.5 Å². The van der Waals surface area contributed by atoms with Crippen LogP contribution in [0.1, 0.15) is 50.2 Å². The molecule has 3 rings (SSSR count). The highest BCUT2D eigenvalue weighted by Crippen LogP contribution is 2.25. The molecule has 2 fully saturated rings. The molecule has 140 valence electrons. The van der Waals surface area contributed by atoms with E-state index in [9.17, 15) is 9.59 Å². The quantitative estimate of drug-likeness (QED) is 0.873. The topological polar surface area (TPSA) is 76.5 Å². The van der Waals surface area contributed by atoms with E-state index in [1.54, 1.807) is 0 Å². The lowest BCUT2D eigenvalue weighted by Gasteiger charge is -2.37. The molecule has 2 atom stereocenters. The lowest BCUT2D eigenvalue weighted by molar-refractivity contribution is -0.136. The van der Waals surface area contributed by atoms with Crippen molar-refractivity contribution < 1.29 is 9.59 Å². The second-order valence-corrected chi connectivity index (χ2v) is 7.39. The first-order valence-electron chi connectivity index (χ1n) is 9.48. The SMILES string of the molecule is Cc1ccc(CNC(=O)N2C(=N)CCCC2C(=O)N2CCCC2C)cc1. The summed E-state index contributed by atoms with van der Waals surface area (Å²) >= 11 is 0. The van der Waals surface area contributed by atoms with E-state index in [0.29, 0.717) is 19.4 Å². The van der Waals surface area contributed by atoms with Gasteiger partial charge in [0.05, 0.1) is 0 Å². The van der Waals surface area contributed by atoms with E-state index < -0.39 is 6.04 Å². The summed E-state index contributed by atoms with van der Waals surface area (Å²) in [5.74, 6) is 0.229. The van der Waals surface area contributed by atoms with Gasteiger partial charge >= 0.3 is 6.03 Å². The molecular weight excluding hydrogens is 328 g/mol. The first-order chi connectivity index (χ1) is 12.5. The first-order valence-corrected chi connectivity index (χ1v) is 9.48. The monoisotopic (exact) mass is 356 g/mol. The smallest absolute Gasteiger partial charge is 0.323 e. The third-order valence-corrected chi connectivity index (χ3v) is 5.40. The molecule has 1 aromatic carbocycles. The Balaban J connectivity index is 1.69. The number of aryl methyl sites for hydroxylation is 1. The fourth-order valence-corrected chi connectivity index (χ4v) is 3.82. The second kappa shape index (κ2) is 7.89. The number of likely N-dealkylation sites (tertiary alicyclic amines) is 2. The van der Waals surface area contributed by atoms with Crippen molar-refractivity contribution in [2.24, 2.45) is 0 Å². The molecule has 0 saturated carbocycles. The zero-order valence-electron chi connectivity index (χ0n) is 15.6. The summed E-state index contributed by atoms with van der Waals surface area (Å²) in [6, 6.07) is 7.29. The number of piperidine rings is 1. The Morgan fingerprint density at radius 3 is 2.58 bits per heavy atom. The third kappa shape index (κ3) is 3.89. The van der Waals surface area contributed by atoms with Crippen LogP contribution in [0.5, 0.6) is 0 Å². The van der Waals surface area contributed by atoms with Crippen LogP contribution in [0.15, 0.2) is 24.3 Å². The minimum absolute atomic E-state index is 0.00932. The van der Waals surface area contributed by atoms with Gasteiger partial charge in [-0.05, 0) is 45.1 Å². The number of nitrogens with one attached hydrogen (secondary N) is 2. The van der Waals surface area contributed by atoms with E-state index in [0.717, 1.165) is 31.4 Å². The number of amidine groups is 1. The van der Waals surface area contributed by atoms with Crippen molar-refractivity contribution in [3.05, 3.63) is 35.4 Å². The standard InChI is InChI=1S/C20H28N4O2/c1-14-8-10-16(11-9-14)13-22-20(26)24-17(6-3-7-18(24)21)19(25)23-12-4-5-15(23)2/h8-11,15,17,21H,3-7,12-13H2,1-2H3,(H,22,26).